The highest BCUT2D eigenvalue weighted by atomic mass is 16.5. The number of anilines is 1. The van der Waals surface area contributed by atoms with Crippen LogP contribution in [0.25, 0.3) is 0 Å². The highest BCUT2D eigenvalue weighted by Crippen LogP contribution is 2.31. The quantitative estimate of drug-likeness (QED) is 0.762. The molecule has 1 aliphatic carbocycles. The maximum absolute atomic E-state index is 13.0. The van der Waals surface area contributed by atoms with E-state index >= 15 is 0 Å². The zero-order valence-corrected chi connectivity index (χ0v) is 19.8. The molecule has 176 valence electrons. The number of carbonyl (C=O) groups is 1. The van der Waals surface area contributed by atoms with Gasteiger partial charge in [-0.05, 0) is 61.2 Å². The molecule has 0 radical (unpaired) electrons. The molecule has 0 saturated carbocycles. The van der Waals surface area contributed by atoms with Gasteiger partial charge in [0.2, 0.25) is 0 Å². The van der Waals surface area contributed by atoms with E-state index in [0.717, 1.165) is 83.9 Å². The number of nitrogens with zero attached hydrogens (tertiary/aromatic N) is 3. The van der Waals surface area contributed by atoms with Crippen LogP contribution in [0.3, 0.4) is 0 Å². The third-order valence-corrected chi connectivity index (χ3v) is 7.37. The van der Waals surface area contributed by atoms with E-state index in [1.807, 2.05) is 12.1 Å². The molecule has 0 unspecified atom stereocenters. The van der Waals surface area contributed by atoms with Gasteiger partial charge < -0.3 is 19.9 Å². The first-order valence-electron chi connectivity index (χ1n) is 12.4. The van der Waals surface area contributed by atoms with Gasteiger partial charge in [0.05, 0.1) is 13.2 Å². The Morgan fingerprint density at radius 2 is 1.76 bits per heavy atom. The molecular formula is C27H36N4O2. The highest BCUT2D eigenvalue weighted by Gasteiger charge is 2.25. The molecule has 5 rings (SSSR count). The third-order valence-electron chi connectivity index (χ3n) is 7.37. The predicted molar refractivity (Wildman–Crippen MR) is 132 cm³/mol. The number of hydrogen-bond acceptors (Lipinski definition) is 5. The van der Waals surface area contributed by atoms with Gasteiger partial charge >= 0.3 is 0 Å². The fraction of sp³-hybridized carbons (Fsp3) is 0.519. The van der Waals surface area contributed by atoms with Crippen LogP contribution in [0.4, 0.5) is 5.69 Å². The van der Waals surface area contributed by atoms with Gasteiger partial charge in [0.15, 0.2) is 0 Å². The lowest BCUT2D eigenvalue weighted by Crippen LogP contribution is -2.45. The molecule has 2 aromatic carbocycles. The highest BCUT2D eigenvalue weighted by molar-refractivity contribution is 5.94. The minimum Gasteiger partial charge on any atom is -0.379 e. The molecule has 3 aliphatic rings. The van der Waals surface area contributed by atoms with Gasteiger partial charge in [-0.1, -0.05) is 24.3 Å². The molecule has 0 spiro atoms. The Morgan fingerprint density at radius 1 is 1.00 bits per heavy atom. The van der Waals surface area contributed by atoms with Gasteiger partial charge in [-0.15, -0.1) is 0 Å². The number of hydrogen-bond donors (Lipinski definition) is 1. The molecule has 6 nitrogen and oxygen atoms in total. The molecule has 0 bridgehead atoms. The van der Waals surface area contributed by atoms with Crippen LogP contribution in [0.5, 0.6) is 0 Å². The van der Waals surface area contributed by atoms with Crippen LogP contribution in [0.15, 0.2) is 42.5 Å². The second kappa shape index (κ2) is 10.2. The number of carbonyl (C=O) groups excluding carboxylic acids is 1. The summed E-state index contributed by atoms with van der Waals surface area (Å²) in [5.41, 5.74) is 6.24. The third kappa shape index (κ3) is 5.40. The number of amides is 1. The van der Waals surface area contributed by atoms with E-state index in [-0.39, 0.29) is 11.9 Å². The summed E-state index contributed by atoms with van der Waals surface area (Å²) in [5, 5.41) is 3.32. The number of piperazine rings is 1. The van der Waals surface area contributed by atoms with E-state index in [9.17, 15) is 4.79 Å². The molecule has 2 saturated heterocycles. The Labute approximate surface area is 197 Å². The summed E-state index contributed by atoms with van der Waals surface area (Å²) in [7, 11) is 2.19. The van der Waals surface area contributed by atoms with Crippen molar-refractivity contribution in [2.45, 2.75) is 31.8 Å². The monoisotopic (exact) mass is 448 g/mol. The summed E-state index contributed by atoms with van der Waals surface area (Å²) in [6.07, 6.45) is 2.94. The van der Waals surface area contributed by atoms with Crippen molar-refractivity contribution in [2.75, 3.05) is 64.4 Å². The number of rotatable bonds is 5. The van der Waals surface area contributed by atoms with E-state index in [1.165, 1.54) is 22.4 Å². The summed E-state index contributed by atoms with van der Waals surface area (Å²) in [4.78, 5) is 20.3. The first-order valence-corrected chi connectivity index (χ1v) is 12.4. The minimum absolute atomic E-state index is 0.0402. The van der Waals surface area contributed by atoms with E-state index in [0.29, 0.717) is 0 Å². The number of fused-ring (bicyclic) bond motifs is 1. The standard InChI is InChI=1S/C27H36N4O2/c1-29-11-13-31(14-12-29)26-4-2-3-22-9-10-24(19-25(22)26)28-27(32)23-7-5-21(6-8-23)20-30-15-17-33-18-16-30/h2-8,24H,9-20H2,1H3,(H,28,32)/t24-/m1/s1. The van der Waals surface area contributed by atoms with Gasteiger partial charge in [-0.3, -0.25) is 9.69 Å². The van der Waals surface area contributed by atoms with Crippen molar-refractivity contribution < 1.29 is 9.53 Å². The molecule has 1 atom stereocenters. The Bertz CT molecular complexity index is 947. The van der Waals surface area contributed by atoms with Gasteiger partial charge in [-0.25, -0.2) is 0 Å². The predicted octanol–water partition coefficient (Wildman–Crippen LogP) is 2.56. The van der Waals surface area contributed by atoms with Crippen LogP contribution >= 0.6 is 0 Å². The summed E-state index contributed by atoms with van der Waals surface area (Å²) >= 11 is 0. The number of nitrogens with one attached hydrogen (secondary N) is 1. The zero-order chi connectivity index (χ0) is 22.6. The topological polar surface area (TPSA) is 48.0 Å². The lowest BCUT2D eigenvalue weighted by Gasteiger charge is -2.37. The Morgan fingerprint density at radius 3 is 2.52 bits per heavy atom. The van der Waals surface area contributed by atoms with Crippen molar-refractivity contribution in [3.63, 3.8) is 0 Å². The van der Waals surface area contributed by atoms with E-state index in [1.54, 1.807) is 0 Å². The van der Waals surface area contributed by atoms with E-state index in [4.69, 9.17) is 4.74 Å². The van der Waals surface area contributed by atoms with Crippen molar-refractivity contribution in [1.29, 1.82) is 0 Å². The number of benzene rings is 2. The van der Waals surface area contributed by atoms with Crippen LogP contribution < -0.4 is 10.2 Å². The van der Waals surface area contributed by atoms with E-state index < -0.39 is 0 Å². The number of ether oxygens (including phenoxy) is 1. The number of likely N-dealkylation sites (N-methyl/N-ethyl adjacent to an activating group) is 1. The zero-order valence-electron chi connectivity index (χ0n) is 19.8. The molecular weight excluding hydrogens is 412 g/mol. The molecule has 6 heteroatoms. The molecule has 33 heavy (non-hydrogen) atoms. The first kappa shape index (κ1) is 22.4. The van der Waals surface area contributed by atoms with Crippen molar-refractivity contribution in [3.05, 3.63) is 64.7 Å². The SMILES string of the molecule is CN1CCN(c2cccc3c2C[C@H](NC(=O)c2ccc(CN4CCOCC4)cc2)CC3)CC1. The second-order valence-corrected chi connectivity index (χ2v) is 9.70. The first-order chi connectivity index (χ1) is 16.2. The fourth-order valence-electron chi connectivity index (χ4n) is 5.28. The maximum Gasteiger partial charge on any atom is 0.251 e. The second-order valence-electron chi connectivity index (χ2n) is 9.70. The molecule has 2 aliphatic heterocycles. The van der Waals surface area contributed by atoms with Crippen molar-refractivity contribution >= 4 is 11.6 Å². The van der Waals surface area contributed by atoms with Gasteiger partial charge in [-0.2, -0.15) is 0 Å². The number of morpholine rings is 1. The summed E-state index contributed by atoms with van der Waals surface area (Å²) in [6, 6.07) is 15.0. The summed E-state index contributed by atoms with van der Waals surface area (Å²) in [5.74, 6) is 0.0402. The van der Waals surface area contributed by atoms with Crippen molar-refractivity contribution in [1.82, 2.24) is 15.1 Å². The van der Waals surface area contributed by atoms with Gasteiger partial charge in [0.1, 0.15) is 0 Å². The van der Waals surface area contributed by atoms with Gasteiger partial charge in [0, 0.05) is 63.1 Å². The number of aryl methyl sites for hydroxylation is 1. The van der Waals surface area contributed by atoms with Crippen LogP contribution in [-0.2, 0) is 24.1 Å². The van der Waals surface area contributed by atoms with Crippen LogP contribution in [-0.4, -0.2) is 81.3 Å². The molecule has 0 aromatic heterocycles. The largest absolute Gasteiger partial charge is 0.379 e. The Hall–Kier alpha value is -2.41. The summed E-state index contributed by atoms with van der Waals surface area (Å²) < 4.78 is 5.43. The molecule has 2 heterocycles. The van der Waals surface area contributed by atoms with Crippen molar-refractivity contribution in [3.8, 4) is 0 Å². The smallest absolute Gasteiger partial charge is 0.251 e. The van der Waals surface area contributed by atoms with Crippen molar-refractivity contribution in [2.24, 2.45) is 0 Å². The van der Waals surface area contributed by atoms with Crippen LogP contribution in [0.1, 0.15) is 33.5 Å². The molecule has 2 aromatic rings. The minimum atomic E-state index is 0.0402. The fourth-order valence-corrected chi connectivity index (χ4v) is 5.28. The Kier molecular flexibility index (Phi) is 6.95. The normalized spacial score (nSPS) is 22.1. The Balaban J connectivity index is 1.21. The summed E-state index contributed by atoms with van der Waals surface area (Å²) in [6.45, 7) is 8.82. The molecule has 2 fully saturated rings. The van der Waals surface area contributed by atoms with Gasteiger partial charge in [0.25, 0.3) is 5.91 Å². The molecule has 1 amide bonds. The average Bonchev–Trinajstić information content (AvgIpc) is 2.85. The molecule has 1 N–H and O–H groups in total. The maximum atomic E-state index is 13.0. The van der Waals surface area contributed by atoms with Crippen LogP contribution in [0, 0.1) is 0 Å². The lowest BCUT2D eigenvalue weighted by molar-refractivity contribution is 0.0342. The average molecular weight is 449 g/mol. The lowest BCUT2D eigenvalue weighted by atomic mass is 9.86. The van der Waals surface area contributed by atoms with Crippen LogP contribution in [0.2, 0.25) is 0 Å². The van der Waals surface area contributed by atoms with E-state index in [2.05, 4.69) is 57.4 Å².